The summed E-state index contributed by atoms with van der Waals surface area (Å²) in [6, 6.07) is 1.90. The van der Waals surface area contributed by atoms with Gasteiger partial charge in [0.05, 0.1) is 0 Å². The molecule has 0 saturated carbocycles. The molecule has 2 aliphatic heterocycles. The van der Waals surface area contributed by atoms with E-state index in [4.69, 9.17) is 5.73 Å². The topological polar surface area (TPSA) is 139 Å². The molecule has 0 radical (unpaired) electrons. The van der Waals surface area contributed by atoms with Gasteiger partial charge in [-0.25, -0.2) is 4.79 Å². The number of nitrogens with two attached hydrogens (primary N) is 1. The molecule has 2 aromatic rings. The molecule has 1 fully saturated rings. The monoisotopic (exact) mass is 483 g/mol. The Labute approximate surface area is 188 Å². The molecule has 2 aliphatic rings. The van der Waals surface area contributed by atoms with Crippen LogP contribution in [0.1, 0.15) is 15.9 Å². The molecular formula is C17H17N5O4S4. The highest BCUT2D eigenvalue weighted by molar-refractivity contribution is 8.01. The summed E-state index contributed by atoms with van der Waals surface area (Å²) in [6.07, 6.45) is 0. The van der Waals surface area contributed by atoms with Crippen LogP contribution in [0.25, 0.3) is 0 Å². The first kappa shape index (κ1) is 21.3. The average Bonchev–Trinajstić information content (AvgIpc) is 3.40. The molecule has 158 valence electrons. The van der Waals surface area contributed by atoms with Gasteiger partial charge in [0.15, 0.2) is 4.34 Å². The van der Waals surface area contributed by atoms with E-state index < -0.39 is 35.2 Å². The van der Waals surface area contributed by atoms with E-state index >= 15 is 0 Å². The lowest BCUT2D eigenvalue weighted by molar-refractivity contribution is -0.150. The first-order valence-corrected chi connectivity index (χ1v) is 12.5. The fourth-order valence-corrected chi connectivity index (χ4v) is 7.15. The van der Waals surface area contributed by atoms with Crippen molar-refractivity contribution >= 4 is 64.0 Å². The van der Waals surface area contributed by atoms with Crippen LogP contribution in [0.4, 0.5) is 0 Å². The van der Waals surface area contributed by atoms with Gasteiger partial charge in [-0.2, -0.15) is 0 Å². The Kier molecular flexibility index (Phi) is 6.16. The number of rotatable bonds is 7. The minimum atomic E-state index is -1.15. The van der Waals surface area contributed by atoms with Crippen molar-refractivity contribution in [2.24, 2.45) is 5.73 Å². The van der Waals surface area contributed by atoms with Crippen LogP contribution >= 0.6 is 46.2 Å². The highest BCUT2D eigenvalue weighted by Crippen LogP contribution is 2.42. The van der Waals surface area contributed by atoms with E-state index in [9.17, 15) is 19.5 Å². The number of nitrogens with one attached hydrogen (secondary N) is 1. The number of nitrogens with zero attached hydrogens (tertiary/aromatic N) is 3. The Balaban J connectivity index is 1.46. The Morgan fingerprint density at radius 2 is 2.27 bits per heavy atom. The molecule has 1 saturated heterocycles. The van der Waals surface area contributed by atoms with Gasteiger partial charge in [-0.05, 0) is 23.9 Å². The Morgan fingerprint density at radius 1 is 1.47 bits per heavy atom. The number of fused-ring (bicyclic) bond motifs is 1. The summed E-state index contributed by atoms with van der Waals surface area (Å²) in [7, 11) is 0. The number of thiophene rings is 1. The first-order chi connectivity index (χ1) is 14.4. The Hall–Kier alpha value is -1.93. The fraction of sp³-hybridized carbons (Fsp3) is 0.353. The third-order valence-electron chi connectivity index (χ3n) is 4.56. The van der Waals surface area contributed by atoms with Gasteiger partial charge in [0.25, 0.3) is 5.91 Å². The SMILES string of the molecule is Cc1nnc(SCC2=C(C(=O)O)N3C(=O)C(NC(=O)C(N)c4cccs4)[C@@H]3SC2)s1. The minimum absolute atomic E-state index is 0.00876. The van der Waals surface area contributed by atoms with Gasteiger partial charge in [0.2, 0.25) is 5.91 Å². The predicted octanol–water partition coefficient (Wildman–Crippen LogP) is 1.44. The molecule has 4 heterocycles. The first-order valence-electron chi connectivity index (χ1n) is 8.79. The van der Waals surface area contributed by atoms with Crippen LogP contribution < -0.4 is 11.1 Å². The number of aliphatic carboxylic acids is 1. The smallest absolute Gasteiger partial charge is 0.352 e. The number of carbonyl (C=O) groups excluding carboxylic acids is 2. The summed E-state index contributed by atoms with van der Waals surface area (Å²) >= 11 is 5.63. The van der Waals surface area contributed by atoms with Crippen molar-refractivity contribution in [2.75, 3.05) is 11.5 Å². The maximum absolute atomic E-state index is 12.7. The zero-order valence-electron chi connectivity index (χ0n) is 15.6. The van der Waals surface area contributed by atoms with Crippen LogP contribution in [0.3, 0.4) is 0 Å². The molecule has 0 bridgehead atoms. The molecule has 30 heavy (non-hydrogen) atoms. The van der Waals surface area contributed by atoms with Crippen LogP contribution in [0.2, 0.25) is 0 Å². The van der Waals surface area contributed by atoms with E-state index in [0.29, 0.717) is 22.0 Å². The molecule has 4 N–H and O–H groups in total. The maximum Gasteiger partial charge on any atom is 0.352 e. The predicted molar refractivity (Wildman–Crippen MR) is 116 cm³/mol. The van der Waals surface area contributed by atoms with Crippen LogP contribution in [0, 0.1) is 6.92 Å². The number of aryl methyl sites for hydroxylation is 1. The number of carboxylic acids is 1. The second-order valence-corrected chi connectivity index (χ2v) is 11.0. The lowest BCUT2D eigenvalue weighted by atomic mass is 10.0. The molecular weight excluding hydrogens is 466 g/mol. The number of hydrogen-bond donors (Lipinski definition) is 3. The molecule has 0 aromatic carbocycles. The molecule has 4 rings (SSSR count). The summed E-state index contributed by atoms with van der Waals surface area (Å²) in [4.78, 5) is 39.0. The second kappa shape index (κ2) is 8.67. The van der Waals surface area contributed by atoms with Crippen LogP contribution in [0.5, 0.6) is 0 Å². The number of thioether (sulfide) groups is 2. The summed E-state index contributed by atoms with van der Waals surface area (Å²) in [6.45, 7) is 1.85. The van der Waals surface area contributed by atoms with Crippen molar-refractivity contribution in [1.29, 1.82) is 0 Å². The van der Waals surface area contributed by atoms with Gasteiger partial charge >= 0.3 is 5.97 Å². The third kappa shape index (κ3) is 3.99. The highest BCUT2D eigenvalue weighted by Gasteiger charge is 2.54. The van der Waals surface area contributed by atoms with E-state index in [1.165, 1.54) is 51.1 Å². The van der Waals surface area contributed by atoms with Crippen LogP contribution in [-0.4, -0.2) is 60.9 Å². The molecule has 3 atom stereocenters. The molecule has 0 spiro atoms. The van der Waals surface area contributed by atoms with E-state index in [1.54, 1.807) is 12.1 Å². The van der Waals surface area contributed by atoms with Crippen molar-refractivity contribution < 1.29 is 19.5 Å². The number of hydrogen-bond acceptors (Lipinski definition) is 10. The quantitative estimate of drug-likeness (QED) is 0.394. The zero-order chi connectivity index (χ0) is 21.4. The molecule has 9 nitrogen and oxygen atoms in total. The largest absolute Gasteiger partial charge is 0.477 e. The number of carboxylic acid groups (broad SMARTS) is 1. The van der Waals surface area contributed by atoms with Gasteiger partial charge in [0, 0.05) is 16.4 Å². The Bertz CT molecular complexity index is 1020. The van der Waals surface area contributed by atoms with E-state index in [2.05, 4.69) is 15.5 Å². The van der Waals surface area contributed by atoms with Gasteiger partial charge in [0.1, 0.15) is 28.2 Å². The van der Waals surface area contributed by atoms with Gasteiger partial charge in [-0.3, -0.25) is 14.5 Å². The summed E-state index contributed by atoms with van der Waals surface area (Å²) in [5, 5.41) is 22.6. The molecule has 2 unspecified atom stereocenters. The van der Waals surface area contributed by atoms with Gasteiger partial charge < -0.3 is 16.2 Å². The van der Waals surface area contributed by atoms with E-state index in [0.717, 1.165) is 9.35 Å². The van der Waals surface area contributed by atoms with Crippen LogP contribution in [0.15, 0.2) is 33.1 Å². The lowest BCUT2D eigenvalue weighted by Gasteiger charge is -2.49. The summed E-state index contributed by atoms with van der Waals surface area (Å²) < 4.78 is 0.750. The number of carbonyl (C=O) groups is 3. The van der Waals surface area contributed by atoms with Crippen molar-refractivity contribution in [1.82, 2.24) is 20.4 Å². The van der Waals surface area contributed by atoms with Crippen molar-refractivity contribution in [3.05, 3.63) is 38.7 Å². The standard InChI is InChI=1S/C17H17N5O4S4/c1-7-20-21-17(30-7)29-6-8-5-28-15-11(14(24)22(15)12(8)16(25)26)19-13(23)10(18)9-3-2-4-27-9/h2-4,10-11,15H,5-6,18H2,1H3,(H,19,23)(H,25,26)/t10?,11?,15-/m0/s1. The molecule has 2 aromatic heterocycles. The van der Waals surface area contributed by atoms with Crippen LogP contribution in [-0.2, 0) is 14.4 Å². The molecule has 2 amide bonds. The summed E-state index contributed by atoms with van der Waals surface area (Å²) in [5.41, 5.74) is 6.61. The molecule has 13 heteroatoms. The number of amides is 2. The fourth-order valence-electron chi connectivity index (χ4n) is 3.12. The van der Waals surface area contributed by atoms with E-state index in [-0.39, 0.29) is 5.70 Å². The minimum Gasteiger partial charge on any atom is -0.477 e. The number of aromatic nitrogens is 2. The van der Waals surface area contributed by atoms with Crippen molar-refractivity contribution in [3.63, 3.8) is 0 Å². The lowest BCUT2D eigenvalue weighted by Crippen LogP contribution is -2.71. The second-order valence-electron chi connectivity index (χ2n) is 6.52. The molecule has 0 aliphatic carbocycles. The van der Waals surface area contributed by atoms with Gasteiger partial charge in [-0.15, -0.1) is 33.3 Å². The van der Waals surface area contributed by atoms with Crippen molar-refractivity contribution in [3.8, 4) is 0 Å². The van der Waals surface area contributed by atoms with Gasteiger partial charge in [-0.1, -0.05) is 29.2 Å². The van der Waals surface area contributed by atoms with E-state index in [1.807, 2.05) is 12.3 Å². The summed E-state index contributed by atoms with van der Waals surface area (Å²) in [5.74, 6) is -1.20. The third-order valence-corrected chi connectivity index (χ3v) is 8.91. The highest BCUT2D eigenvalue weighted by atomic mass is 32.2. The maximum atomic E-state index is 12.7. The normalized spacial score (nSPS) is 21.8. The average molecular weight is 484 g/mol. The zero-order valence-corrected chi connectivity index (χ0v) is 18.9. The van der Waals surface area contributed by atoms with Crippen molar-refractivity contribution in [2.45, 2.75) is 28.7 Å². The number of β-lactam (4-membered cyclic amide) rings is 1. The Morgan fingerprint density at radius 3 is 2.90 bits per heavy atom.